The van der Waals surface area contributed by atoms with Crippen molar-refractivity contribution in [1.82, 2.24) is 0 Å². The Kier molecular flexibility index (Phi) is 4.44. The van der Waals surface area contributed by atoms with Crippen LogP contribution in [0, 0.1) is 5.92 Å². The molecule has 1 N–H and O–H groups in total. The van der Waals surface area contributed by atoms with Gasteiger partial charge in [0.25, 0.3) is 0 Å². The highest BCUT2D eigenvalue weighted by atomic mass is 19.4. The lowest BCUT2D eigenvalue weighted by Crippen LogP contribution is -2.29. The molecular weight excluding hydrogens is 283 g/mol. The van der Waals surface area contributed by atoms with Crippen molar-refractivity contribution < 1.29 is 23.1 Å². The quantitative estimate of drug-likeness (QED) is 0.862. The van der Waals surface area contributed by atoms with Crippen molar-refractivity contribution in [1.29, 1.82) is 0 Å². The minimum Gasteiger partial charge on any atom is -0.478 e. The van der Waals surface area contributed by atoms with E-state index in [1.165, 1.54) is 12.1 Å². The largest absolute Gasteiger partial charge is 0.478 e. The van der Waals surface area contributed by atoms with Gasteiger partial charge in [-0.25, -0.2) is 4.79 Å². The molecule has 0 aromatic heterocycles. The highest BCUT2D eigenvalue weighted by Gasteiger charge is 2.36. The maximum Gasteiger partial charge on any atom is 0.418 e. The van der Waals surface area contributed by atoms with Gasteiger partial charge < -0.3 is 10.0 Å². The summed E-state index contributed by atoms with van der Waals surface area (Å²) in [4.78, 5) is 12.6. The Hall–Kier alpha value is -1.72. The van der Waals surface area contributed by atoms with Crippen molar-refractivity contribution in [2.45, 2.75) is 32.4 Å². The average Bonchev–Trinajstić information content (AvgIpc) is 3.20. The van der Waals surface area contributed by atoms with Gasteiger partial charge in [0.2, 0.25) is 0 Å². The summed E-state index contributed by atoms with van der Waals surface area (Å²) in [5.74, 6) is -0.895. The Morgan fingerprint density at radius 1 is 1.38 bits per heavy atom. The first-order valence-electron chi connectivity index (χ1n) is 7.02. The predicted molar refractivity (Wildman–Crippen MR) is 73.6 cm³/mol. The molecule has 6 heteroatoms. The number of carbonyl (C=O) groups is 1. The smallest absolute Gasteiger partial charge is 0.418 e. The normalized spacial score (nSPS) is 15.0. The van der Waals surface area contributed by atoms with E-state index in [9.17, 15) is 18.0 Å². The number of nitrogens with zero attached hydrogens (tertiary/aromatic N) is 1. The third-order valence-corrected chi connectivity index (χ3v) is 3.56. The molecule has 0 amide bonds. The number of aromatic carboxylic acids is 1. The Morgan fingerprint density at radius 3 is 2.52 bits per heavy atom. The SMILES string of the molecule is CCCN(CC1CC1)c1ccc(C(=O)O)cc1C(F)(F)F. The van der Waals surface area contributed by atoms with Gasteiger partial charge in [0, 0.05) is 18.8 Å². The summed E-state index contributed by atoms with van der Waals surface area (Å²) < 4.78 is 39.7. The third-order valence-electron chi connectivity index (χ3n) is 3.56. The molecular formula is C15H18F3NO2. The topological polar surface area (TPSA) is 40.5 Å². The summed E-state index contributed by atoms with van der Waals surface area (Å²) in [6.45, 7) is 3.05. The standard InChI is InChI=1S/C15H18F3NO2/c1-2-7-19(9-10-3-4-10)13-6-5-11(14(20)21)8-12(13)15(16,17)18/h5-6,8,10H,2-4,7,9H2,1H3,(H,20,21). The summed E-state index contributed by atoms with van der Waals surface area (Å²) in [6, 6.07) is 3.25. The van der Waals surface area contributed by atoms with Gasteiger partial charge in [-0.1, -0.05) is 6.92 Å². The zero-order valence-corrected chi connectivity index (χ0v) is 11.8. The molecule has 21 heavy (non-hydrogen) atoms. The Morgan fingerprint density at radius 2 is 2.05 bits per heavy atom. The fraction of sp³-hybridized carbons (Fsp3) is 0.533. The van der Waals surface area contributed by atoms with Crippen LogP contribution in [0.2, 0.25) is 0 Å². The van der Waals surface area contributed by atoms with E-state index in [2.05, 4.69) is 0 Å². The number of hydrogen-bond acceptors (Lipinski definition) is 2. The van der Waals surface area contributed by atoms with E-state index in [-0.39, 0.29) is 11.3 Å². The molecule has 0 spiro atoms. The van der Waals surface area contributed by atoms with Gasteiger partial charge in [0.1, 0.15) is 0 Å². The first-order valence-corrected chi connectivity index (χ1v) is 7.02. The second kappa shape index (κ2) is 5.95. The highest BCUT2D eigenvalue weighted by molar-refractivity contribution is 5.88. The second-order valence-electron chi connectivity index (χ2n) is 5.42. The summed E-state index contributed by atoms with van der Waals surface area (Å²) in [6.07, 6.45) is -1.72. The van der Waals surface area contributed by atoms with Gasteiger partial charge in [-0.2, -0.15) is 13.2 Å². The Labute approximate surface area is 121 Å². The van der Waals surface area contributed by atoms with Gasteiger partial charge in [-0.05, 0) is 43.4 Å². The molecule has 0 radical (unpaired) electrons. The van der Waals surface area contributed by atoms with Crippen LogP contribution < -0.4 is 4.90 Å². The molecule has 0 saturated heterocycles. The molecule has 0 heterocycles. The fourth-order valence-electron chi connectivity index (χ4n) is 2.36. The van der Waals surface area contributed by atoms with E-state index in [1.54, 1.807) is 4.90 Å². The first kappa shape index (κ1) is 15.7. The second-order valence-corrected chi connectivity index (χ2v) is 5.42. The Balaban J connectivity index is 2.41. The lowest BCUT2D eigenvalue weighted by molar-refractivity contribution is -0.137. The number of rotatable bonds is 6. The van der Waals surface area contributed by atoms with Crippen LogP contribution in [0.15, 0.2) is 18.2 Å². The molecule has 1 aromatic carbocycles. The van der Waals surface area contributed by atoms with Gasteiger partial charge in [-0.15, -0.1) is 0 Å². The van der Waals surface area contributed by atoms with Crippen molar-refractivity contribution in [3.63, 3.8) is 0 Å². The summed E-state index contributed by atoms with van der Waals surface area (Å²) in [7, 11) is 0. The van der Waals surface area contributed by atoms with E-state index < -0.39 is 17.7 Å². The van der Waals surface area contributed by atoms with Crippen LogP contribution in [0.1, 0.15) is 42.1 Å². The molecule has 0 atom stereocenters. The van der Waals surface area contributed by atoms with Crippen LogP contribution >= 0.6 is 0 Å². The van der Waals surface area contributed by atoms with E-state index in [4.69, 9.17) is 5.11 Å². The third kappa shape index (κ3) is 3.89. The van der Waals surface area contributed by atoms with Crippen LogP contribution in [-0.4, -0.2) is 24.2 Å². The van der Waals surface area contributed by atoms with Crippen molar-refractivity contribution in [2.24, 2.45) is 5.92 Å². The molecule has 1 aliphatic carbocycles. The van der Waals surface area contributed by atoms with Crippen molar-refractivity contribution in [2.75, 3.05) is 18.0 Å². The molecule has 0 unspecified atom stereocenters. The summed E-state index contributed by atoms with van der Waals surface area (Å²) in [5, 5.41) is 8.88. The maximum atomic E-state index is 13.2. The van der Waals surface area contributed by atoms with Crippen molar-refractivity contribution >= 4 is 11.7 Å². The van der Waals surface area contributed by atoms with Gasteiger partial charge >= 0.3 is 12.1 Å². The molecule has 116 valence electrons. The Bertz CT molecular complexity index is 524. The lowest BCUT2D eigenvalue weighted by Gasteiger charge is -2.27. The van der Waals surface area contributed by atoms with Crippen molar-refractivity contribution in [3.8, 4) is 0 Å². The van der Waals surface area contributed by atoms with Crippen LogP contribution in [-0.2, 0) is 6.18 Å². The van der Waals surface area contributed by atoms with E-state index >= 15 is 0 Å². The average molecular weight is 301 g/mol. The summed E-state index contributed by atoms with van der Waals surface area (Å²) in [5.41, 5.74) is -1.12. The maximum absolute atomic E-state index is 13.2. The minimum atomic E-state index is -4.56. The number of alkyl halides is 3. The first-order chi connectivity index (χ1) is 9.82. The van der Waals surface area contributed by atoms with Gasteiger partial charge in [0.05, 0.1) is 11.1 Å². The molecule has 2 rings (SSSR count). The molecule has 0 bridgehead atoms. The number of anilines is 1. The number of carboxylic acid groups (broad SMARTS) is 1. The van der Waals surface area contributed by atoms with Gasteiger partial charge in [0.15, 0.2) is 0 Å². The van der Waals surface area contributed by atoms with E-state index in [0.717, 1.165) is 25.3 Å². The molecule has 1 aromatic rings. The van der Waals surface area contributed by atoms with Crippen LogP contribution in [0.3, 0.4) is 0 Å². The fourth-order valence-corrected chi connectivity index (χ4v) is 2.36. The zero-order valence-electron chi connectivity index (χ0n) is 11.8. The van der Waals surface area contributed by atoms with Crippen LogP contribution in [0.5, 0.6) is 0 Å². The molecule has 1 saturated carbocycles. The van der Waals surface area contributed by atoms with Crippen LogP contribution in [0.25, 0.3) is 0 Å². The minimum absolute atomic E-state index is 0.0845. The number of hydrogen-bond donors (Lipinski definition) is 1. The lowest BCUT2D eigenvalue weighted by atomic mass is 10.1. The van der Waals surface area contributed by atoms with Gasteiger partial charge in [-0.3, -0.25) is 0 Å². The molecule has 1 aliphatic rings. The van der Waals surface area contributed by atoms with E-state index in [1.807, 2.05) is 6.92 Å². The number of benzene rings is 1. The number of halogens is 3. The van der Waals surface area contributed by atoms with Crippen molar-refractivity contribution in [3.05, 3.63) is 29.3 Å². The summed E-state index contributed by atoms with van der Waals surface area (Å²) >= 11 is 0. The number of carboxylic acids is 1. The molecule has 0 aliphatic heterocycles. The van der Waals surface area contributed by atoms with E-state index in [0.29, 0.717) is 19.0 Å². The monoisotopic (exact) mass is 301 g/mol. The molecule has 1 fully saturated rings. The van der Waals surface area contributed by atoms with Crippen LogP contribution in [0.4, 0.5) is 18.9 Å². The zero-order chi connectivity index (χ0) is 15.6. The predicted octanol–water partition coefficient (Wildman–Crippen LogP) is 4.03. The highest BCUT2D eigenvalue weighted by Crippen LogP contribution is 2.39. The molecule has 3 nitrogen and oxygen atoms in total.